The Labute approximate surface area is 102 Å². The van der Waals surface area contributed by atoms with Crippen molar-refractivity contribution in [3.05, 3.63) is 22.9 Å². The van der Waals surface area contributed by atoms with Gasteiger partial charge in [0.15, 0.2) is 0 Å². The summed E-state index contributed by atoms with van der Waals surface area (Å²) >= 11 is 0. The van der Waals surface area contributed by atoms with Gasteiger partial charge in [-0.25, -0.2) is 13.8 Å². The second-order valence-corrected chi connectivity index (χ2v) is 3.35. The molecule has 0 aromatic carbocycles. The number of hydrogen-bond donors (Lipinski definition) is 1. The van der Waals surface area contributed by atoms with E-state index in [2.05, 4.69) is 9.72 Å². The normalized spacial score (nSPS) is 10.2. The van der Waals surface area contributed by atoms with E-state index in [4.69, 9.17) is 11.0 Å². The Hall–Kier alpha value is -2.23. The molecule has 0 fully saturated rings. The Kier molecular flexibility index (Phi) is 4.54. The monoisotopic (exact) mass is 255 g/mol. The average Bonchev–Trinajstić information content (AvgIpc) is 2.31. The van der Waals surface area contributed by atoms with Crippen molar-refractivity contribution in [3.8, 4) is 6.07 Å². The summed E-state index contributed by atoms with van der Waals surface area (Å²) in [7, 11) is 0. The van der Waals surface area contributed by atoms with Gasteiger partial charge in [0.1, 0.15) is 17.6 Å². The van der Waals surface area contributed by atoms with Crippen LogP contribution in [0.25, 0.3) is 0 Å². The van der Waals surface area contributed by atoms with Gasteiger partial charge in [0.25, 0.3) is 6.43 Å². The minimum atomic E-state index is -2.84. The van der Waals surface area contributed by atoms with Gasteiger partial charge in [-0.15, -0.1) is 0 Å². The zero-order chi connectivity index (χ0) is 13.7. The first kappa shape index (κ1) is 13.8. The molecule has 2 N–H and O–H groups in total. The first-order valence-electron chi connectivity index (χ1n) is 5.12. The molecule has 0 bridgehead atoms. The van der Waals surface area contributed by atoms with Gasteiger partial charge in [-0.05, 0) is 13.0 Å². The molecule has 5 nitrogen and oxygen atoms in total. The third-order valence-electron chi connectivity index (χ3n) is 2.17. The van der Waals surface area contributed by atoms with Crippen LogP contribution < -0.4 is 5.73 Å². The van der Waals surface area contributed by atoms with Crippen LogP contribution in [0.4, 0.5) is 14.6 Å². The van der Waals surface area contributed by atoms with Gasteiger partial charge >= 0.3 is 5.97 Å². The minimum absolute atomic E-state index is 0.0950. The summed E-state index contributed by atoms with van der Waals surface area (Å²) in [4.78, 5) is 14.9. The average molecular weight is 255 g/mol. The number of carbonyl (C=O) groups is 1. The van der Waals surface area contributed by atoms with Crippen LogP contribution in [0.1, 0.15) is 30.2 Å². The van der Waals surface area contributed by atoms with Gasteiger partial charge in [0.2, 0.25) is 0 Å². The summed E-state index contributed by atoms with van der Waals surface area (Å²) < 4.78 is 30.3. The van der Waals surface area contributed by atoms with E-state index in [1.165, 1.54) is 0 Å². The summed E-state index contributed by atoms with van der Waals surface area (Å²) in [6.45, 7) is 1.75. The number of carbonyl (C=O) groups excluding carboxylic acids is 1. The van der Waals surface area contributed by atoms with Gasteiger partial charge in [0, 0.05) is 11.1 Å². The Morgan fingerprint density at radius 1 is 1.67 bits per heavy atom. The van der Waals surface area contributed by atoms with E-state index in [0.29, 0.717) is 0 Å². The number of nitrogens with zero attached hydrogens (tertiary/aromatic N) is 2. The predicted octanol–water partition coefficient (Wildman–Crippen LogP) is 1.58. The van der Waals surface area contributed by atoms with Crippen molar-refractivity contribution in [2.45, 2.75) is 19.8 Å². The Morgan fingerprint density at radius 3 is 2.83 bits per heavy atom. The maximum absolute atomic E-state index is 12.8. The SMILES string of the molecule is CCOC(=O)Cc1c(C(F)F)cc(C#N)nc1N. The molecule has 0 atom stereocenters. The largest absolute Gasteiger partial charge is 0.466 e. The number of esters is 1. The van der Waals surface area contributed by atoms with Gasteiger partial charge < -0.3 is 10.5 Å². The third kappa shape index (κ3) is 3.13. The zero-order valence-electron chi connectivity index (χ0n) is 9.61. The fourth-order valence-electron chi connectivity index (χ4n) is 1.41. The number of nitrogens with two attached hydrogens (primary N) is 1. The van der Waals surface area contributed by atoms with Crippen molar-refractivity contribution in [1.82, 2.24) is 4.98 Å². The number of hydrogen-bond acceptors (Lipinski definition) is 5. The summed E-state index contributed by atoms with van der Waals surface area (Å²) in [5.74, 6) is -0.921. The highest BCUT2D eigenvalue weighted by Gasteiger charge is 2.20. The maximum atomic E-state index is 12.8. The van der Waals surface area contributed by atoms with Crippen molar-refractivity contribution in [1.29, 1.82) is 5.26 Å². The molecule has 96 valence electrons. The van der Waals surface area contributed by atoms with E-state index in [9.17, 15) is 13.6 Å². The van der Waals surface area contributed by atoms with Crippen LogP contribution in [0, 0.1) is 11.3 Å². The topological polar surface area (TPSA) is 89.0 Å². The smallest absolute Gasteiger partial charge is 0.310 e. The molecule has 0 spiro atoms. The Morgan fingerprint density at radius 2 is 2.33 bits per heavy atom. The van der Waals surface area contributed by atoms with E-state index in [1.54, 1.807) is 13.0 Å². The third-order valence-corrected chi connectivity index (χ3v) is 2.17. The van der Waals surface area contributed by atoms with Crippen LogP contribution in [0.3, 0.4) is 0 Å². The van der Waals surface area contributed by atoms with Crippen LogP contribution in [-0.4, -0.2) is 17.6 Å². The van der Waals surface area contributed by atoms with Crippen molar-refractivity contribution in [2.24, 2.45) is 0 Å². The molecule has 0 aliphatic heterocycles. The lowest BCUT2D eigenvalue weighted by Gasteiger charge is -2.11. The Balaban J connectivity index is 3.17. The van der Waals surface area contributed by atoms with Crippen molar-refractivity contribution in [3.63, 3.8) is 0 Å². The lowest BCUT2D eigenvalue weighted by molar-refractivity contribution is -0.142. The number of nitriles is 1. The molecule has 0 saturated heterocycles. The molecule has 0 saturated carbocycles. The maximum Gasteiger partial charge on any atom is 0.310 e. The molecule has 0 aliphatic carbocycles. The molecule has 0 radical (unpaired) electrons. The van der Waals surface area contributed by atoms with Crippen LogP contribution in [-0.2, 0) is 16.0 Å². The molecular weight excluding hydrogens is 244 g/mol. The van der Waals surface area contributed by atoms with Gasteiger partial charge in [-0.3, -0.25) is 4.79 Å². The predicted molar refractivity (Wildman–Crippen MR) is 58.7 cm³/mol. The molecule has 1 rings (SSSR count). The van der Waals surface area contributed by atoms with Gasteiger partial charge in [-0.2, -0.15) is 5.26 Å². The lowest BCUT2D eigenvalue weighted by atomic mass is 10.1. The van der Waals surface area contributed by atoms with Crippen molar-refractivity contribution < 1.29 is 18.3 Å². The second-order valence-electron chi connectivity index (χ2n) is 3.35. The quantitative estimate of drug-likeness (QED) is 0.825. The highest BCUT2D eigenvalue weighted by molar-refractivity contribution is 5.75. The molecule has 0 amide bonds. The first-order chi connectivity index (χ1) is 8.49. The number of pyridine rings is 1. The zero-order valence-corrected chi connectivity index (χ0v) is 9.61. The second kappa shape index (κ2) is 5.91. The van der Waals surface area contributed by atoms with E-state index in [0.717, 1.165) is 6.07 Å². The van der Waals surface area contributed by atoms with Crippen LogP contribution >= 0.6 is 0 Å². The van der Waals surface area contributed by atoms with Crippen LogP contribution in [0.15, 0.2) is 6.07 Å². The van der Waals surface area contributed by atoms with E-state index >= 15 is 0 Å². The molecule has 1 aromatic heterocycles. The van der Waals surface area contributed by atoms with Crippen LogP contribution in [0.2, 0.25) is 0 Å². The van der Waals surface area contributed by atoms with Gasteiger partial charge in [-0.1, -0.05) is 0 Å². The fourth-order valence-corrected chi connectivity index (χ4v) is 1.41. The first-order valence-corrected chi connectivity index (χ1v) is 5.12. The van der Waals surface area contributed by atoms with E-state index in [-0.39, 0.29) is 23.7 Å². The lowest BCUT2D eigenvalue weighted by Crippen LogP contribution is -2.13. The standard InChI is InChI=1S/C11H11F2N3O2/c1-2-18-9(17)4-8-7(10(12)13)3-6(5-14)16-11(8)15/h3,10H,2,4H2,1H3,(H2,15,16). The molecule has 1 heterocycles. The Bertz CT molecular complexity index is 498. The van der Waals surface area contributed by atoms with Crippen molar-refractivity contribution in [2.75, 3.05) is 12.3 Å². The van der Waals surface area contributed by atoms with E-state index in [1.807, 2.05) is 0 Å². The minimum Gasteiger partial charge on any atom is -0.466 e. The van der Waals surface area contributed by atoms with E-state index < -0.39 is 24.4 Å². The molecular formula is C11H11F2N3O2. The highest BCUT2D eigenvalue weighted by atomic mass is 19.3. The number of alkyl halides is 2. The number of rotatable bonds is 4. The molecule has 0 unspecified atom stereocenters. The summed E-state index contributed by atoms with van der Waals surface area (Å²) in [6.07, 6.45) is -3.23. The summed E-state index contributed by atoms with van der Waals surface area (Å²) in [5, 5.41) is 8.62. The summed E-state index contributed by atoms with van der Waals surface area (Å²) in [5.41, 5.74) is 4.70. The van der Waals surface area contributed by atoms with Crippen LogP contribution in [0.5, 0.6) is 0 Å². The fraction of sp³-hybridized carbons (Fsp3) is 0.364. The number of nitrogen functional groups attached to an aromatic ring is 1. The number of anilines is 1. The van der Waals surface area contributed by atoms with Crippen molar-refractivity contribution >= 4 is 11.8 Å². The molecule has 7 heteroatoms. The highest BCUT2D eigenvalue weighted by Crippen LogP contribution is 2.27. The number of aromatic nitrogens is 1. The number of halogens is 2. The molecule has 0 aliphatic rings. The molecule has 18 heavy (non-hydrogen) atoms. The van der Waals surface area contributed by atoms with Gasteiger partial charge in [0.05, 0.1) is 13.0 Å². The summed E-state index contributed by atoms with van der Waals surface area (Å²) in [6, 6.07) is 2.55. The molecule has 1 aromatic rings. The number of ether oxygens (including phenoxy) is 1.